The van der Waals surface area contributed by atoms with Gasteiger partial charge in [0, 0.05) is 0 Å². The highest BCUT2D eigenvalue weighted by Crippen LogP contribution is 2.19. The first-order chi connectivity index (χ1) is 5.39. The van der Waals surface area contributed by atoms with Gasteiger partial charge in [-0.25, -0.2) is 5.43 Å². The fourth-order valence-corrected chi connectivity index (χ4v) is 1.14. The summed E-state index contributed by atoms with van der Waals surface area (Å²) < 4.78 is -0.674. The van der Waals surface area contributed by atoms with Crippen LogP contribution in [0.3, 0.4) is 0 Å². The molecule has 1 atom stereocenters. The van der Waals surface area contributed by atoms with E-state index in [9.17, 15) is 4.79 Å². The quantitative estimate of drug-likeness (QED) is 0.184. The van der Waals surface area contributed by atoms with E-state index in [-0.39, 0.29) is 0 Å². The summed E-state index contributed by atoms with van der Waals surface area (Å²) >= 11 is 9.34. The Bertz CT molecular complexity index is 220. The predicted octanol–water partition coefficient (Wildman–Crippen LogP) is 1.64. The number of hydrogen-bond donors (Lipinski definition) is 2. The third-order valence-corrected chi connectivity index (χ3v) is 1.64. The molecule has 0 heterocycles. The molecule has 0 aliphatic rings. The van der Waals surface area contributed by atoms with Gasteiger partial charge in [-0.15, -0.1) is 5.53 Å². The van der Waals surface area contributed by atoms with Crippen LogP contribution >= 0.6 is 24.2 Å². The van der Waals surface area contributed by atoms with Crippen LogP contribution in [0, 0.1) is 0 Å². The number of azide groups is 1. The van der Waals surface area contributed by atoms with Gasteiger partial charge in [-0.2, -0.15) is 17.5 Å². The van der Waals surface area contributed by atoms with E-state index in [0.29, 0.717) is 0 Å². The van der Waals surface area contributed by atoms with Crippen LogP contribution < -0.4 is 5.43 Å². The topological polar surface area (TPSA) is 77.9 Å². The number of thiol groups is 1. The SMILES string of the molecule is CC(C)(S)[C@H](NN=[N+]=[N-])C(=O)Cl. The van der Waals surface area contributed by atoms with Gasteiger partial charge in [0.2, 0.25) is 0 Å². The molecule has 0 unspecified atom stereocenters. The minimum atomic E-state index is -0.793. The molecule has 1 N–H and O–H groups in total. The Morgan fingerprint density at radius 1 is 1.83 bits per heavy atom. The van der Waals surface area contributed by atoms with Gasteiger partial charge in [-0.1, -0.05) is 0 Å². The summed E-state index contributed by atoms with van der Waals surface area (Å²) in [5, 5.41) is 2.40. The van der Waals surface area contributed by atoms with Gasteiger partial charge < -0.3 is 0 Å². The molecule has 0 fully saturated rings. The second-order valence-corrected chi connectivity index (χ2v) is 4.23. The van der Waals surface area contributed by atoms with Crippen molar-refractivity contribution in [2.75, 3.05) is 0 Å². The number of hydrogen-bond acceptors (Lipinski definition) is 3. The van der Waals surface area contributed by atoms with Crippen molar-refractivity contribution >= 4 is 29.5 Å². The number of rotatable bonds is 4. The lowest BCUT2D eigenvalue weighted by molar-refractivity contribution is -0.114. The summed E-state index contributed by atoms with van der Waals surface area (Å²) in [5.74, 6) is 0. The molecule has 0 aliphatic carbocycles. The zero-order valence-electron chi connectivity index (χ0n) is 6.65. The van der Waals surface area contributed by atoms with E-state index in [1.54, 1.807) is 13.8 Å². The molecule has 0 bridgehead atoms. The van der Waals surface area contributed by atoms with Crippen molar-refractivity contribution in [3.8, 4) is 0 Å². The van der Waals surface area contributed by atoms with E-state index in [4.69, 9.17) is 17.1 Å². The van der Waals surface area contributed by atoms with Gasteiger partial charge >= 0.3 is 0 Å². The zero-order chi connectivity index (χ0) is 9.78. The summed E-state index contributed by atoms with van der Waals surface area (Å²) in [7, 11) is 0. The minimum Gasteiger partial charge on any atom is -0.276 e. The van der Waals surface area contributed by atoms with Crippen molar-refractivity contribution in [1.29, 1.82) is 0 Å². The fraction of sp³-hybridized carbons (Fsp3) is 0.800. The lowest BCUT2D eigenvalue weighted by Gasteiger charge is -2.22. The number of nitrogens with one attached hydrogen (secondary N) is 1. The number of halogens is 1. The maximum absolute atomic E-state index is 10.8. The average Bonchev–Trinajstić information content (AvgIpc) is 1.84. The van der Waals surface area contributed by atoms with Gasteiger partial charge in [-0.05, 0) is 30.7 Å². The van der Waals surface area contributed by atoms with Crippen LogP contribution in [-0.2, 0) is 4.79 Å². The fourth-order valence-electron chi connectivity index (χ4n) is 0.570. The largest absolute Gasteiger partial charge is 0.276 e. The molecule has 0 aromatic heterocycles. The maximum atomic E-state index is 10.8. The first-order valence-electron chi connectivity index (χ1n) is 3.11. The Balaban J connectivity index is 4.45. The number of carbonyl (C=O) groups is 1. The highest BCUT2D eigenvalue weighted by atomic mass is 35.5. The second-order valence-electron chi connectivity index (χ2n) is 2.71. The van der Waals surface area contributed by atoms with Crippen molar-refractivity contribution in [1.82, 2.24) is 5.43 Å². The lowest BCUT2D eigenvalue weighted by atomic mass is 10.1. The normalized spacial score (nSPS) is 13.0. The van der Waals surface area contributed by atoms with E-state index in [1.807, 2.05) is 0 Å². The standard InChI is InChI=1S/C5H9ClN4OS/c1-5(2,12)3(4(6)11)8-10-9-7/h3,8,12H,1-2H3/t3-/m1/s1. The zero-order valence-corrected chi connectivity index (χ0v) is 8.30. The van der Waals surface area contributed by atoms with Crippen molar-refractivity contribution in [3.63, 3.8) is 0 Å². The molecule has 12 heavy (non-hydrogen) atoms. The molecule has 0 rings (SSSR count). The molecule has 0 saturated heterocycles. The van der Waals surface area contributed by atoms with Crippen LogP contribution in [0.2, 0.25) is 0 Å². The van der Waals surface area contributed by atoms with Crippen molar-refractivity contribution in [2.24, 2.45) is 5.22 Å². The summed E-state index contributed by atoms with van der Waals surface area (Å²) in [5.41, 5.74) is 10.2. The Kier molecular flexibility index (Phi) is 4.23. The van der Waals surface area contributed by atoms with Crippen LogP contribution in [0.15, 0.2) is 5.22 Å². The molecule has 0 saturated carbocycles. The first kappa shape index (κ1) is 11.4. The van der Waals surface area contributed by atoms with Crippen LogP contribution in [0.25, 0.3) is 10.4 Å². The maximum Gasteiger partial charge on any atom is 0.267 e. The number of nitrogens with zero attached hydrogens (tertiary/aromatic N) is 3. The molecule has 0 aliphatic heterocycles. The summed E-state index contributed by atoms with van der Waals surface area (Å²) in [6.07, 6.45) is 0. The Morgan fingerprint density at radius 2 is 2.33 bits per heavy atom. The monoisotopic (exact) mass is 208 g/mol. The molecular weight excluding hydrogens is 200 g/mol. The molecule has 0 amide bonds. The second kappa shape index (κ2) is 4.45. The smallest absolute Gasteiger partial charge is 0.267 e. The van der Waals surface area contributed by atoms with Crippen LogP contribution in [0.5, 0.6) is 0 Å². The van der Waals surface area contributed by atoms with Gasteiger partial charge in [0.05, 0.1) is 4.75 Å². The molecule has 5 nitrogen and oxygen atoms in total. The third kappa shape index (κ3) is 3.71. The van der Waals surface area contributed by atoms with Gasteiger partial charge in [0.15, 0.2) is 6.04 Å². The minimum absolute atomic E-state index is 0.637. The van der Waals surface area contributed by atoms with Crippen LogP contribution in [0.4, 0.5) is 0 Å². The van der Waals surface area contributed by atoms with Crippen LogP contribution in [0.1, 0.15) is 13.8 Å². The van der Waals surface area contributed by atoms with Gasteiger partial charge in [-0.3, -0.25) is 4.79 Å². The predicted molar refractivity (Wildman–Crippen MR) is 50.0 cm³/mol. The summed E-state index contributed by atoms with van der Waals surface area (Å²) in [6, 6.07) is -0.793. The van der Waals surface area contributed by atoms with E-state index in [2.05, 4.69) is 28.2 Å². The molecule has 0 aromatic rings. The molecule has 68 valence electrons. The van der Waals surface area contributed by atoms with E-state index in [0.717, 1.165) is 0 Å². The Morgan fingerprint density at radius 3 is 2.58 bits per heavy atom. The lowest BCUT2D eigenvalue weighted by Crippen LogP contribution is -2.44. The molecule has 0 spiro atoms. The summed E-state index contributed by atoms with van der Waals surface area (Å²) in [6.45, 7) is 3.36. The van der Waals surface area contributed by atoms with E-state index in [1.165, 1.54) is 0 Å². The van der Waals surface area contributed by atoms with E-state index < -0.39 is 16.0 Å². The summed E-state index contributed by atoms with van der Waals surface area (Å²) in [4.78, 5) is 13.2. The van der Waals surface area contributed by atoms with Crippen molar-refractivity contribution < 1.29 is 4.79 Å². The molecular formula is C5H9ClN4OS. The molecule has 0 aromatic carbocycles. The Hall–Kier alpha value is -0.580. The van der Waals surface area contributed by atoms with Gasteiger partial charge in [0.25, 0.3) is 5.24 Å². The molecule has 0 radical (unpaired) electrons. The number of carbonyl (C=O) groups excluding carboxylic acids is 1. The highest BCUT2D eigenvalue weighted by molar-refractivity contribution is 7.81. The first-order valence-corrected chi connectivity index (χ1v) is 3.93. The van der Waals surface area contributed by atoms with Crippen molar-refractivity contribution in [2.45, 2.75) is 24.6 Å². The van der Waals surface area contributed by atoms with Crippen LogP contribution in [-0.4, -0.2) is 16.0 Å². The van der Waals surface area contributed by atoms with E-state index >= 15 is 0 Å². The molecule has 7 heteroatoms. The average molecular weight is 209 g/mol. The Labute approximate surface area is 80.5 Å². The highest BCUT2D eigenvalue weighted by Gasteiger charge is 2.33. The van der Waals surface area contributed by atoms with Crippen molar-refractivity contribution in [3.05, 3.63) is 10.4 Å². The van der Waals surface area contributed by atoms with Gasteiger partial charge in [0.1, 0.15) is 0 Å². The third-order valence-electron chi connectivity index (χ3n) is 1.16.